The summed E-state index contributed by atoms with van der Waals surface area (Å²) in [7, 11) is 0. The molecule has 0 radical (unpaired) electrons. The number of carbonyl (C=O) groups excluding carboxylic acids is 1. The molecule has 26 heavy (non-hydrogen) atoms. The topological polar surface area (TPSA) is 29.5 Å². The highest BCUT2D eigenvalue weighted by Gasteiger charge is 2.49. The molecule has 1 amide bonds. The normalized spacial score (nSPS) is 32.3. The van der Waals surface area contributed by atoms with E-state index in [1.807, 2.05) is 31.2 Å². The summed E-state index contributed by atoms with van der Waals surface area (Å²) in [6.45, 7) is 6.39. The SMILES string of the molecule is CCOc1ccccc1C(=O)N(CC)CC12CC3C[C@H](CC[C@@H](C3)C1)C2. The Morgan fingerprint density at radius 3 is 2.38 bits per heavy atom. The van der Waals surface area contributed by atoms with Gasteiger partial charge >= 0.3 is 0 Å². The molecule has 1 aromatic carbocycles. The van der Waals surface area contributed by atoms with Crippen LogP contribution in [0.4, 0.5) is 0 Å². The van der Waals surface area contributed by atoms with Crippen LogP contribution in [0, 0.1) is 23.2 Å². The molecule has 0 spiro atoms. The van der Waals surface area contributed by atoms with E-state index in [4.69, 9.17) is 4.74 Å². The molecular weight excluding hydrogens is 322 g/mol. The molecule has 0 saturated heterocycles. The van der Waals surface area contributed by atoms with Gasteiger partial charge in [-0.1, -0.05) is 25.0 Å². The first-order valence-electron chi connectivity index (χ1n) is 10.6. The van der Waals surface area contributed by atoms with E-state index in [-0.39, 0.29) is 5.91 Å². The molecule has 0 unspecified atom stereocenters. The smallest absolute Gasteiger partial charge is 0.257 e. The van der Waals surface area contributed by atoms with Gasteiger partial charge in [0.2, 0.25) is 0 Å². The van der Waals surface area contributed by atoms with Gasteiger partial charge in [0.25, 0.3) is 5.91 Å². The number of nitrogens with zero attached hydrogens (tertiary/aromatic N) is 1. The highest BCUT2D eigenvalue weighted by molar-refractivity contribution is 5.97. The van der Waals surface area contributed by atoms with E-state index in [0.717, 1.165) is 42.2 Å². The largest absolute Gasteiger partial charge is 0.493 e. The summed E-state index contributed by atoms with van der Waals surface area (Å²) in [4.78, 5) is 15.4. The Morgan fingerprint density at radius 2 is 1.73 bits per heavy atom. The van der Waals surface area contributed by atoms with Crippen LogP contribution in [0.1, 0.15) is 69.2 Å². The van der Waals surface area contributed by atoms with Gasteiger partial charge in [-0.25, -0.2) is 0 Å². The van der Waals surface area contributed by atoms with Crippen LogP contribution in [0.2, 0.25) is 0 Å². The van der Waals surface area contributed by atoms with Crippen LogP contribution in [0.3, 0.4) is 0 Å². The summed E-state index contributed by atoms with van der Waals surface area (Å²) in [5, 5.41) is 0. The van der Waals surface area contributed by atoms with Gasteiger partial charge in [-0.2, -0.15) is 0 Å². The average molecular weight is 356 g/mol. The predicted molar refractivity (Wildman–Crippen MR) is 104 cm³/mol. The fourth-order valence-electron chi connectivity index (χ4n) is 6.39. The number of amides is 1. The van der Waals surface area contributed by atoms with Gasteiger partial charge in [-0.3, -0.25) is 4.79 Å². The zero-order valence-electron chi connectivity index (χ0n) is 16.4. The van der Waals surface area contributed by atoms with Crippen LogP contribution in [-0.2, 0) is 0 Å². The number of fused-ring (bicyclic) bond motifs is 1. The summed E-state index contributed by atoms with van der Waals surface area (Å²) < 4.78 is 5.72. The molecule has 0 N–H and O–H groups in total. The van der Waals surface area contributed by atoms with Crippen molar-refractivity contribution in [1.82, 2.24) is 4.90 Å². The van der Waals surface area contributed by atoms with Crippen molar-refractivity contribution in [3.8, 4) is 5.75 Å². The maximum absolute atomic E-state index is 13.3. The van der Waals surface area contributed by atoms with E-state index in [2.05, 4.69) is 11.8 Å². The van der Waals surface area contributed by atoms with E-state index in [1.54, 1.807) is 0 Å². The molecule has 3 nitrogen and oxygen atoms in total. The molecule has 4 saturated carbocycles. The van der Waals surface area contributed by atoms with E-state index >= 15 is 0 Å². The van der Waals surface area contributed by atoms with Crippen LogP contribution in [0.5, 0.6) is 5.75 Å². The lowest BCUT2D eigenvalue weighted by Gasteiger charge is -2.50. The zero-order chi connectivity index (χ0) is 18.1. The Bertz CT molecular complexity index is 639. The molecule has 4 aliphatic carbocycles. The standard InChI is InChI=1S/C23H33NO2/c1-3-24(22(25)20-7-5-6-8-21(20)26-4-2)16-23-13-17-9-10-18(14-23)12-19(11-17)15-23/h5-8,17-19H,3-4,9-16H2,1-2H3/t17-,18-,19?,23?/m0/s1. The number of hydrogen-bond donors (Lipinski definition) is 0. The molecule has 0 aliphatic heterocycles. The van der Waals surface area contributed by atoms with Crippen molar-refractivity contribution in [2.24, 2.45) is 23.2 Å². The molecule has 4 aliphatic rings. The van der Waals surface area contributed by atoms with Crippen LogP contribution in [-0.4, -0.2) is 30.5 Å². The number of rotatable bonds is 6. The van der Waals surface area contributed by atoms with Gasteiger partial charge in [-0.05, 0) is 81.3 Å². The highest BCUT2D eigenvalue weighted by Crippen LogP contribution is 2.58. The van der Waals surface area contributed by atoms with Crippen molar-refractivity contribution < 1.29 is 9.53 Å². The predicted octanol–water partition coefficient (Wildman–Crippen LogP) is 5.15. The second-order valence-corrected chi connectivity index (χ2v) is 9.01. The minimum atomic E-state index is 0.144. The van der Waals surface area contributed by atoms with Crippen LogP contribution in [0.15, 0.2) is 24.3 Å². The van der Waals surface area contributed by atoms with E-state index in [0.29, 0.717) is 12.0 Å². The van der Waals surface area contributed by atoms with E-state index in [1.165, 1.54) is 44.9 Å². The molecule has 2 atom stereocenters. The summed E-state index contributed by atoms with van der Waals surface area (Å²) >= 11 is 0. The maximum Gasteiger partial charge on any atom is 0.257 e. The van der Waals surface area contributed by atoms with Crippen molar-refractivity contribution >= 4 is 5.91 Å². The van der Waals surface area contributed by atoms with Gasteiger partial charge in [0, 0.05) is 13.1 Å². The van der Waals surface area contributed by atoms with Gasteiger partial charge in [-0.15, -0.1) is 0 Å². The first kappa shape index (κ1) is 17.9. The average Bonchev–Trinajstić information content (AvgIpc) is 2.85. The van der Waals surface area contributed by atoms with Crippen LogP contribution in [0.25, 0.3) is 0 Å². The lowest BCUT2D eigenvalue weighted by Crippen LogP contribution is -2.47. The summed E-state index contributed by atoms with van der Waals surface area (Å²) in [5.41, 5.74) is 1.10. The Balaban J connectivity index is 1.55. The first-order chi connectivity index (χ1) is 12.6. The first-order valence-corrected chi connectivity index (χ1v) is 10.6. The third kappa shape index (κ3) is 3.37. The Morgan fingerprint density at radius 1 is 1.08 bits per heavy atom. The summed E-state index contributed by atoms with van der Waals surface area (Å²) in [5.74, 6) is 3.60. The summed E-state index contributed by atoms with van der Waals surface area (Å²) in [6, 6.07) is 7.73. The molecule has 4 fully saturated rings. The molecule has 5 rings (SSSR count). The van der Waals surface area contributed by atoms with Crippen molar-refractivity contribution in [2.45, 2.75) is 58.8 Å². The fraction of sp³-hybridized carbons (Fsp3) is 0.696. The minimum absolute atomic E-state index is 0.144. The lowest BCUT2D eigenvalue weighted by atomic mass is 9.58. The number of para-hydroxylation sites is 1. The Hall–Kier alpha value is -1.51. The summed E-state index contributed by atoms with van der Waals surface area (Å²) in [6.07, 6.45) is 9.79. The van der Waals surface area contributed by atoms with E-state index < -0.39 is 0 Å². The molecular formula is C23H33NO2. The highest BCUT2D eigenvalue weighted by atomic mass is 16.5. The van der Waals surface area contributed by atoms with E-state index in [9.17, 15) is 4.79 Å². The fourth-order valence-corrected chi connectivity index (χ4v) is 6.39. The van der Waals surface area contributed by atoms with Crippen molar-refractivity contribution in [1.29, 1.82) is 0 Å². The molecule has 0 heterocycles. The maximum atomic E-state index is 13.3. The van der Waals surface area contributed by atoms with Crippen molar-refractivity contribution in [3.63, 3.8) is 0 Å². The third-order valence-corrected chi connectivity index (χ3v) is 7.09. The zero-order valence-corrected chi connectivity index (χ0v) is 16.4. The molecule has 4 bridgehead atoms. The third-order valence-electron chi connectivity index (χ3n) is 7.09. The van der Waals surface area contributed by atoms with Gasteiger partial charge in [0.15, 0.2) is 0 Å². The Labute approximate surface area is 158 Å². The van der Waals surface area contributed by atoms with Crippen molar-refractivity contribution in [3.05, 3.63) is 29.8 Å². The van der Waals surface area contributed by atoms with Crippen LogP contribution < -0.4 is 4.74 Å². The number of hydrogen-bond acceptors (Lipinski definition) is 2. The quantitative estimate of drug-likeness (QED) is 0.706. The molecule has 142 valence electrons. The monoisotopic (exact) mass is 355 g/mol. The molecule has 1 aromatic rings. The van der Waals surface area contributed by atoms with Crippen LogP contribution >= 0.6 is 0 Å². The molecule has 0 aromatic heterocycles. The lowest BCUT2D eigenvalue weighted by molar-refractivity contribution is 0.00563. The second kappa shape index (κ2) is 7.25. The molecule has 3 heteroatoms. The number of ether oxygens (including phenoxy) is 1. The van der Waals surface area contributed by atoms with Crippen molar-refractivity contribution in [2.75, 3.05) is 19.7 Å². The van der Waals surface area contributed by atoms with Gasteiger partial charge in [0.1, 0.15) is 5.75 Å². The van der Waals surface area contributed by atoms with Gasteiger partial charge < -0.3 is 9.64 Å². The van der Waals surface area contributed by atoms with Gasteiger partial charge in [0.05, 0.1) is 12.2 Å². The second-order valence-electron chi connectivity index (χ2n) is 9.01. The minimum Gasteiger partial charge on any atom is -0.493 e. The number of carbonyl (C=O) groups is 1. The Kier molecular flexibility index (Phi) is 4.98. The number of benzene rings is 1.